The Kier molecular flexibility index (Phi) is 9.95. The van der Waals surface area contributed by atoms with Crippen molar-refractivity contribution >= 4 is 63.9 Å². The van der Waals surface area contributed by atoms with Crippen molar-refractivity contribution in [3.8, 4) is 5.75 Å². The molecule has 1 aromatic heterocycles. The maximum absolute atomic E-state index is 5.88. The van der Waals surface area contributed by atoms with Crippen LogP contribution in [0.25, 0.3) is 21.8 Å². The van der Waals surface area contributed by atoms with E-state index in [0.717, 1.165) is 59.4 Å². The molecule has 0 amide bonds. The largest absolute Gasteiger partial charge is 0.497 e. The Balaban J connectivity index is 0.00000182. The topological polar surface area (TPSA) is 37.4 Å². The standard InChI is InChI=1S/C20H24ClN3O.2ClH/c1-3-24(12-10-21)13-11-22-20-16-6-4-5-7-18(16)23-19-9-8-15(25-2)14-17(19)20;;/h4-9,14H,3,10-13H2,1-2H3,(H,22,23);2*1H. The Morgan fingerprint density at radius 1 is 1.04 bits per heavy atom. The van der Waals surface area contributed by atoms with E-state index in [0.29, 0.717) is 5.88 Å². The van der Waals surface area contributed by atoms with Gasteiger partial charge in [-0.15, -0.1) is 36.4 Å². The van der Waals surface area contributed by atoms with Gasteiger partial charge in [-0.05, 0) is 30.8 Å². The number of rotatable bonds is 8. The molecule has 0 saturated carbocycles. The molecule has 7 heteroatoms. The highest BCUT2D eigenvalue weighted by Crippen LogP contribution is 2.32. The Bertz CT molecular complexity index is 860. The molecule has 3 aromatic rings. The fraction of sp³-hybridized carbons (Fsp3) is 0.350. The molecule has 0 saturated heterocycles. The molecule has 0 atom stereocenters. The van der Waals surface area contributed by atoms with E-state index in [-0.39, 0.29) is 24.8 Å². The van der Waals surface area contributed by atoms with E-state index in [4.69, 9.17) is 21.3 Å². The normalized spacial score (nSPS) is 10.5. The van der Waals surface area contributed by atoms with E-state index in [1.165, 1.54) is 0 Å². The molecule has 0 radical (unpaired) electrons. The number of methoxy groups -OCH3 is 1. The van der Waals surface area contributed by atoms with Crippen molar-refractivity contribution in [2.45, 2.75) is 6.92 Å². The summed E-state index contributed by atoms with van der Waals surface area (Å²) in [5.41, 5.74) is 3.08. The fourth-order valence-electron chi connectivity index (χ4n) is 3.07. The number of ether oxygens (including phenoxy) is 1. The Hall–Kier alpha value is -1.46. The van der Waals surface area contributed by atoms with E-state index in [1.54, 1.807) is 7.11 Å². The molecular weight excluding hydrogens is 405 g/mol. The van der Waals surface area contributed by atoms with Crippen LogP contribution < -0.4 is 10.1 Å². The van der Waals surface area contributed by atoms with Gasteiger partial charge in [-0.2, -0.15) is 0 Å². The molecule has 0 spiro atoms. The second-order valence-corrected chi connectivity index (χ2v) is 6.32. The number of nitrogens with one attached hydrogen (secondary N) is 1. The van der Waals surface area contributed by atoms with Crippen LogP contribution in [-0.2, 0) is 0 Å². The third-order valence-electron chi connectivity index (χ3n) is 4.47. The first-order chi connectivity index (χ1) is 12.3. The predicted molar refractivity (Wildman–Crippen MR) is 122 cm³/mol. The summed E-state index contributed by atoms with van der Waals surface area (Å²) in [4.78, 5) is 7.12. The lowest BCUT2D eigenvalue weighted by Gasteiger charge is -2.20. The molecule has 2 aromatic carbocycles. The van der Waals surface area contributed by atoms with Gasteiger partial charge in [0.25, 0.3) is 0 Å². The van der Waals surface area contributed by atoms with Gasteiger partial charge in [0.2, 0.25) is 0 Å². The number of benzene rings is 2. The van der Waals surface area contributed by atoms with Crippen LogP contribution in [-0.4, -0.2) is 49.1 Å². The van der Waals surface area contributed by atoms with Gasteiger partial charge in [0.05, 0.1) is 23.8 Å². The van der Waals surface area contributed by atoms with Gasteiger partial charge >= 0.3 is 0 Å². The van der Waals surface area contributed by atoms with Gasteiger partial charge in [0.15, 0.2) is 0 Å². The highest BCUT2D eigenvalue weighted by molar-refractivity contribution is 6.18. The number of hydrogen-bond donors (Lipinski definition) is 1. The van der Waals surface area contributed by atoms with Crippen LogP contribution in [0.15, 0.2) is 42.5 Å². The number of hydrogen-bond acceptors (Lipinski definition) is 4. The second kappa shape index (κ2) is 11.4. The molecule has 148 valence electrons. The molecule has 3 rings (SSSR count). The summed E-state index contributed by atoms with van der Waals surface area (Å²) in [6.07, 6.45) is 0. The molecule has 1 N–H and O–H groups in total. The molecule has 0 aliphatic carbocycles. The van der Waals surface area contributed by atoms with Crippen molar-refractivity contribution in [1.82, 2.24) is 9.88 Å². The third-order valence-corrected chi connectivity index (χ3v) is 4.63. The maximum Gasteiger partial charge on any atom is 0.119 e. The highest BCUT2D eigenvalue weighted by atomic mass is 35.5. The first-order valence-electron chi connectivity index (χ1n) is 8.65. The number of aromatic nitrogens is 1. The average molecular weight is 431 g/mol. The van der Waals surface area contributed by atoms with Crippen LogP contribution in [0.1, 0.15) is 6.92 Å². The van der Waals surface area contributed by atoms with Gasteiger partial charge in [0, 0.05) is 36.3 Å². The number of anilines is 1. The van der Waals surface area contributed by atoms with E-state index < -0.39 is 0 Å². The van der Waals surface area contributed by atoms with Gasteiger partial charge in [-0.3, -0.25) is 0 Å². The van der Waals surface area contributed by atoms with Gasteiger partial charge in [0.1, 0.15) is 5.75 Å². The summed E-state index contributed by atoms with van der Waals surface area (Å²) in [7, 11) is 1.69. The van der Waals surface area contributed by atoms with Crippen molar-refractivity contribution in [2.75, 3.05) is 44.5 Å². The van der Waals surface area contributed by atoms with Crippen molar-refractivity contribution in [1.29, 1.82) is 0 Å². The highest BCUT2D eigenvalue weighted by Gasteiger charge is 2.10. The lowest BCUT2D eigenvalue weighted by atomic mass is 10.1. The van der Waals surface area contributed by atoms with Crippen LogP contribution in [0.3, 0.4) is 0 Å². The zero-order valence-corrected chi connectivity index (χ0v) is 18.0. The van der Waals surface area contributed by atoms with Crippen LogP contribution in [0, 0.1) is 0 Å². The number of fused-ring (bicyclic) bond motifs is 2. The monoisotopic (exact) mass is 429 g/mol. The molecule has 0 fully saturated rings. The molecule has 0 unspecified atom stereocenters. The first-order valence-corrected chi connectivity index (χ1v) is 9.19. The number of pyridine rings is 1. The summed E-state index contributed by atoms with van der Waals surface area (Å²) in [6, 6.07) is 14.2. The molecule has 1 heterocycles. The van der Waals surface area contributed by atoms with E-state index in [1.807, 2.05) is 30.3 Å². The molecule has 27 heavy (non-hydrogen) atoms. The predicted octanol–water partition coefficient (Wildman–Crippen LogP) is 5.21. The van der Waals surface area contributed by atoms with E-state index >= 15 is 0 Å². The molecule has 0 bridgehead atoms. The summed E-state index contributed by atoms with van der Waals surface area (Å²) in [6.45, 7) is 5.87. The van der Waals surface area contributed by atoms with E-state index in [9.17, 15) is 0 Å². The molecular formula is C20H26Cl3N3O. The number of para-hydroxylation sites is 1. The van der Waals surface area contributed by atoms with Crippen LogP contribution in [0.5, 0.6) is 5.75 Å². The Labute approximate surface area is 178 Å². The second-order valence-electron chi connectivity index (χ2n) is 5.94. The molecule has 0 aliphatic heterocycles. The summed E-state index contributed by atoms with van der Waals surface area (Å²) in [5.74, 6) is 1.50. The van der Waals surface area contributed by atoms with Crippen LogP contribution in [0.2, 0.25) is 0 Å². The van der Waals surface area contributed by atoms with Gasteiger partial charge in [-0.25, -0.2) is 4.98 Å². The first kappa shape index (κ1) is 23.6. The average Bonchev–Trinajstić information content (AvgIpc) is 2.66. The fourth-order valence-corrected chi connectivity index (χ4v) is 3.31. The van der Waals surface area contributed by atoms with Crippen molar-refractivity contribution in [3.05, 3.63) is 42.5 Å². The van der Waals surface area contributed by atoms with Gasteiger partial charge in [-0.1, -0.05) is 25.1 Å². The van der Waals surface area contributed by atoms with Gasteiger partial charge < -0.3 is 15.0 Å². The summed E-state index contributed by atoms with van der Waals surface area (Å²) >= 11 is 5.88. The number of nitrogens with zero attached hydrogens (tertiary/aromatic N) is 2. The Morgan fingerprint density at radius 2 is 1.78 bits per heavy atom. The minimum absolute atomic E-state index is 0. The number of alkyl halides is 1. The molecule has 0 aliphatic rings. The van der Waals surface area contributed by atoms with Crippen molar-refractivity contribution in [2.24, 2.45) is 0 Å². The lowest BCUT2D eigenvalue weighted by Crippen LogP contribution is -2.30. The SMILES string of the molecule is CCN(CCCl)CCNc1c2ccccc2nc2ccc(OC)cc12.Cl.Cl. The summed E-state index contributed by atoms with van der Waals surface area (Å²) < 4.78 is 5.40. The quantitative estimate of drug-likeness (QED) is 0.393. The van der Waals surface area contributed by atoms with Crippen molar-refractivity contribution in [3.63, 3.8) is 0 Å². The zero-order valence-electron chi connectivity index (χ0n) is 15.6. The maximum atomic E-state index is 5.88. The zero-order chi connectivity index (χ0) is 17.6. The summed E-state index contributed by atoms with van der Waals surface area (Å²) in [5, 5.41) is 5.84. The Morgan fingerprint density at radius 3 is 2.48 bits per heavy atom. The third kappa shape index (κ3) is 5.52. The lowest BCUT2D eigenvalue weighted by molar-refractivity contribution is 0.318. The minimum Gasteiger partial charge on any atom is -0.497 e. The number of likely N-dealkylation sites (N-methyl/N-ethyl adjacent to an activating group) is 1. The van der Waals surface area contributed by atoms with Crippen molar-refractivity contribution < 1.29 is 4.74 Å². The molecule has 4 nitrogen and oxygen atoms in total. The minimum atomic E-state index is 0. The van der Waals surface area contributed by atoms with Crippen LogP contribution in [0.4, 0.5) is 5.69 Å². The number of halogens is 3. The van der Waals surface area contributed by atoms with Crippen LogP contribution >= 0.6 is 36.4 Å². The smallest absolute Gasteiger partial charge is 0.119 e. The van der Waals surface area contributed by atoms with E-state index in [2.05, 4.69) is 29.3 Å².